The van der Waals surface area contributed by atoms with Crippen LogP contribution in [0.1, 0.15) is 24.6 Å². The lowest BCUT2D eigenvalue weighted by atomic mass is 10.1. The van der Waals surface area contributed by atoms with E-state index in [1.807, 2.05) is 31.2 Å². The number of fused-ring (bicyclic) bond motifs is 2. The van der Waals surface area contributed by atoms with Crippen molar-refractivity contribution in [3.63, 3.8) is 0 Å². The molecule has 0 saturated heterocycles. The molecule has 1 aliphatic heterocycles. The van der Waals surface area contributed by atoms with E-state index in [-0.39, 0.29) is 21.1 Å². The topological polar surface area (TPSA) is 84.6 Å². The highest BCUT2D eigenvalue weighted by Crippen LogP contribution is 2.35. The Kier molecular flexibility index (Phi) is 3.50. The number of benzene rings is 1. The number of aryl methyl sites for hydroxylation is 1. The second-order valence-electron chi connectivity index (χ2n) is 5.78. The van der Waals surface area contributed by atoms with Crippen molar-refractivity contribution in [3.05, 3.63) is 60.8 Å². The number of nitrogens with zero attached hydrogens (tertiary/aromatic N) is 4. The van der Waals surface area contributed by atoms with Gasteiger partial charge in [-0.25, -0.2) is 0 Å². The molecule has 0 bridgehead atoms. The van der Waals surface area contributed by atoms with Gasteiger partial charge in [0.2, 0.25) is 4.96 Å². The van der Waals surface area contributed by atoms with E-state index in [4.69, 9.17) is 0 Å². The second kappa shape index (κ2) is 5.59. The standard InChI is InChI=1S/C17H14N4O3S/c1-3-8-20-11-7-5-4-6-10(11)12(15(20)23)13-16(24)21-17(25-13)18-14(22)9(2)19-21/h4-7H,3,8H2,1-2H3/b13-12-. The summed E-state index contributed by atoms with van der Waals surface area (Å²) in [7, 11) is 0. The maximum absolute atomic E-state index is 13.0. The molecule has 4 rings (SSSR count). The van der Waals surface area contributed by atoms with Crippen LogP contribution in [0.3, 0.4) is 0 Å². The molecule has 0 radical (unpaired) electrons. The first-order chi connectivity index (χ1) is 12.0. The molecule has 0 spiro atoms. The molecule has 126 valence electrons. The molecule has 1 aliphatic rings. The largest absolute Gasteiger partial charge is 0.308 e. The molecule has 0 aliphatic carbocycles. The number of hydrogen-bond acceptors (Lipinski definition) is 6. The Balaban J connectivity index is 2.11. The molecule has 3 heterocycles. The maximum atomic E-state index is 13.0. The summed E-state index contributed by atoms with van der Waals surface area (Å²) in [5.41, 5.74) is 1.14. The zero-order valence-electron chi connectivity index (χ0n) is 13.6. The van der Waals surface area contributed by atoms with Crippen LogP contribution in [0.25, 0.3) is 10.5 Å². The van der Waals surface area contributed by atoms with Crippen molar-refractivity contribution in [1.82, 2.24) is 14.6 Å². The van der Waals surface area contributed by atoms with Crippen molar-refractivity contribution in [3.8, 4) is 0 Å². The molecule has 3 aromatic rings. The monoisotopic (exact) mass is 354 g/mol. The average Bonchev–Trinajstić information content (AvgIpc) is 3.04. The Bertz CT molecular complexity index is 1190. The predicted molar refractivity (Wildman–Crippen MR) is 95.0 cm³/mol. The van der Waals surface area contributed by atoms with Gasteiger partial charge in [-0.05, 0) is 19.4 Å². The van der Waals surface area contributed by atoms with Gasteiger partial charge in [0.05, 0.1) is 11.3 Å². The summed E-state index contributed by atoms with van der Waals surface area (Å²) in [4.78, 5) is 43.2. The van der Waals surface area contributed by atoms with E-state index < -0.39 is 11.1 Å². The van der Waals surface area contributed by atoms with E-state index in [9.17, 15) is 14.4 Å². The lowest BCUT2D eigenvalue weighted by Gasteiger charge is -2.15. The molecule has 0 saturated carbocycles. The van der Waals surface area contributed by atoms with Gasteiger partial charge in [-0.2, -0.15) is 14.6 Å². The lowest BCUT2D eigenvalue weighted by Crippen LogP contribution is -2.33. The fourth-order valence-electron chi connectivity index (χ4n) is 2.98. The molecule has 25 heavy (non-hydrogen) atoms. The van der Waals surface area contributed by atoms with Gasteiger partial charge in [-0.15, -0.1) is 0 Å². The Morgan fingerprint density at radius 1 is 1.16 bits per heavy atom. The number of para-hydroxylation sites is 1. The fraction of sp³-hybridized carbons (Fsp3) is 0.235. The molecule has 0 unspecified atom stereocenters. The summed E-state index contributed by atoms with van der Waals surface area (Å²) in [6.45, 7) is 4.07. The highest BCUT2D eigenvalue weighted by Gasteiger charge is 2.33. The number of amides is 1. The Labute approximate surface area is 145 Å². The Morgan fingerprint density at radius 3 is 2.68 bits per heavy atom. The van der Waals surface area contributed by atoms with E-state index in [2.05, 4.69) is 10.1 Å². The van der Waals surface area contributed by atoms with Gasteiger partial charge in [-0.1, -0.05) is 36.5 Å². The van der Waals surface area contributed by atoms with Crippen molar-refractivity contribution in [1.29, 1.82) is 0 Å². The Morgan fingerprint density at radius 2 is 1.92 bits per heavy atom. The SMILES string of the molecule is CCCN1C(=O)/C(=c2\sc3nc(=O)c(C)nn3c2=O)c2ccccc21. The van der Waals surface area contributed by atoms with E-state index in [0.717, 1.165) is 33.5 Å². The molecule has 7 nitrogen and oxygen atoms in total. The van der Waals surface area contributed by atoms with Crippen LogP contribution >= 0.6 is 11.3 Å². The summed E-state index contributed by atoms with van der Waals surface area (Å²) in [6.07, 6.45) is 0.806. The first kappa shape index (κ1) is 15.6. The summed E-state index contributed by atoms with van der Waals surface area (Å²) >= 11 is 1.02. The first-order valence-corrected chi connectivity index (χ1v) is 8.70. The van der Waals surface area contributed by atoms with Crippen molar-refractivity contribution >= 4 is 33.5 Å². The van der Waals surface area contributed by atoms with Gasteiger partial charge in [0.25, 0.3) is 17.0 Å². The molecular formula is C17H14N4O3S. The van der Waals surface area contributed by atoms with Crippen LogP contribution in [0.5, 0.6) is 0 Å². The van der Waals surface area contributed by atoms with Gasteiger partial charge in [-0.3, -0.25) is 14.4 Å². The summed E-state index contributed by atoms with van der Waals surface area (Å²) in [6, 6.07) is 7.41. The van der Waals surface area contributed by atoms with E-state index in [1.165, 1.54) is 6.92 Å². The average molecular weight is 354 g/mol. The quantitative estimate of drug-likeness (QED) is 0.669. The van der Waals surface area contributed by atoms with Crippen LogP contribution in [0.2, 0.25) is 0 Å². The second-order valence-corrected chi connectivity index (χ2v) is 6.76. The van der Waals surface area contributed by atoms with E-state index in [0.29, 0.717) is 12.1 Å². The van der Waals surface area contributed by atoms with Crippen LogP contribution < -0.4 is 20.6 Å². The number of carbonyl (C=O) groups is 1. The molecule has 0 N–H and O–H groups in total. The molecule has 0 fully saturated rings. The first-order valence-electron chi connectivity index (χ1n) is 7.89. The van der Waals surface area contributed by atoms with Gasteiger partial charge < -0.3 is 4.90 Å². The van der Waals surface area contributed by atoms with Crippen LogP contribution in [0.15, 0.2) is 33.9 Å². The third-order valence-electron chi connectivity index (χ3n) is 4.12. The van der Waals surface area contributed by atoms with E-state index >= 15 is 0 Å². The van der Waals surface area contributed by atoms with E-state index in [1.54, 1.807) is 4.90 Å². The molecule has 0 atom stereocenters. The molecule has 1 aromatic carbocycles. The van der Waals surface area contributed by atoms with Crippen molar-refractivity contribution in [2.75, 3.05) is 11.4 Å². The number of aromatic nitrogens is 3. The zero-order chi connectivity index (χ0) is 17.7. The minimum atomic E-state index is -0.469. The van der Waals surface area contributed by atoms with Crippen LogP contribution in [-0.4, -0.2) is 27.0 Å². The number of anilines is 1. The fourth-order valence-corrected chi connectivity index (χ4v) is 3.98. The number of carbonyl (C=O) groups excluding carboxylic acids is 1. The van der Waals surface area contributed by atoms with Gasteiger partial charge in [0.1, 0.15) is 10.2 Å². The summed E-state index contributed by atoms with van der Waals surface area (Å²) < 4.78 is 1.36. The zero-order valence-corrected chi connectivity index (χ0v) is 14.5. The smallest absolute Gasteiger partial charge is 0.295 e. The van der Waals surface area contributed by atoms with Crippen molar-refractivity contribution in [2.45, 2.75) is 20.3 Å². The van der Waals surface area contributed by atoms with Gasteiger partial charge in [0.15, 0.2) is 0 Å². The highest BCUT2D eigenvalue weighted by atomic mass is 32.1. The molecule has 8 heteroatoms. The molecule has 1 amide bonds. The van der Waals surface area contributed by atoms with Crippen molar-refractivity contribution < 1.29 is 4.79 Å². The predicted octanol–water partition coefficient (Wildman–Crippen LogP) is 0.494. The molecular weight excluding hydrogens is 340 g/mol. The number of thiazole rings is 1. The van der Waals surface area contributed by atoms with Crippen LogP contribution in [0, 0.1) is 6.92 Å². The van der Waals surface area contributed by atoms with Gasteiger partial charge >= 0.3 is 0 Å². The van der Waals surface area contributed by atoms with Crippen LogP contribution in [0.4, 0.5) is 5.69 Å². The summed E-state index contributed by atoms with van der Waals surface area (Å²) in [5, 5.41) is 4.00. The van der Waals surface area contributed by atoms with Crippen molar-refractivity contribution in [2.24, 2.45) is 0 Å². The third kappa shape index (κ3) is 2.21. The minimum Gasteiger partial charge on any atom is -0.308 e. The normalized spacial score (nSPS) is 15.9. The molecule has 2 aromatic heterocycles. The third-order valence-corrected chi connectivity index (χ3v) is 5.14. The maximum Gasteiger partial charge on any atom is 0.295 e. The minimum absolute atomic E-state index is 0.148. The highest BCUT2D eigenvalue weighted by molar-refractivity contribution is 7.15. The van der Waals surface area contributed by atoms with Crippen LogP contribution in [-0.2, 0) is 4.79 Å². The Hall–Kier alpha value is -2.87. The summed E-state index contributed by atoms with van der Waals surface area (Å²) in [5.74, 6) is -0.202. The number of rotatable bonds is 2. The lowest BCUT2D eigenvalue weighted by molar-refractivity contribution is -0.113. The van der Waals surface area contributed by atoms with Gasteiger partial charge in [0, 0.05) is 12.1 Å². The number of hydrogen-bond donors (Lipinski definition) is 0.